The molecule has 1 unspecified atom stereocenters. The van der Waals surface area contributed by atoms with Crippen LogP contribution >= 0.6 is 27.3 Å². The van der Waals surface area contributed by atoms with Gasteiger partial charge in [-0.25, -0.2) is 9.78 Å². The van der Waals surface area contributed by atoms with Gasteiger partial charge in [-0.05, 0) is 43.9 Å². The average molecular weight is 396 g/mol. The van der Waals surface area contributed by atoms with Crippen molar-refractivity contribution in [3.8, 4) is 0 Å². The molecule has 1 aromatic heterocycles. The summed E-state index contributed by atoms with van der Waals surface area (Å²) in [6, 6.07) is 8.03. The molecule has 0 aliphatic rings. The van der Waals surface area contributed by atoms with Gasteiger partial charge in [0.05, 0.1) is 16.7 Å². The standard InChI is InChI=1S/C17H22BrN3OS/c1-3-16-21-15(11-23-16)12(2)20-17(22)19-9-5-7-13-6-4-8-14(18)10-13/h4,6,8,10-12H,3,5,7,9H2,1-2H3,(H2,19,20,22). The number of nitrogens with one attached hydrogen (secondary N) is 2. The summed E-state index contributed by atoms with van der Waals surface area (Å²) in [6.45, 7) is 4.69. The second-order valence-electron chi connectivity index (χ2n) is 5.38. The molecule has 124 valence electrons. The average Bonchev–Trinajstić information content (AvgIpc) is 3.01. The Kier molecular flexibility index (Phi) is 7.05. The lowest BCUT2D eigenvalue weighted by atomic mass is 10.1. The number of benzene rings is 1. The summed E-state index contributed by atoms with van der Waals surface area (Å²) in [6.07, 6.45) is 2.79. The van der Waals surface area contributed by atoms with Gasteiger partial charge >= 0.3 is 6.03 Å². The molecule has 6 heteroatoms. The predicted octanol–water partition coefficient (Wildman–Crippen LogP) is 4.46. The van der Waals surface area contributed by atoms with Gasteiger partial charge in [-0.2, -0.15) is 0 Å². The number of rotatable bonds is 7. The summed E-state index contributed by atoms with van der Waals surface area (Å²) in [7, 11) is 0. The van der Waals surface area contributed by atoms with Crippen LogP contribution in [0.2, 0.25) is 0 Å². The van der Waals surface area contributed by atoms with Gasteiger partial charge in [0.25, 0.3) is 0 Å². The van der Waals surface area contributed by atoms with E-state index in [4.69, 9.17) is 0 Å². The van der Waals surface area contributed by atoms with Crippen LogP contribution in [0.3, 0.4) is 0 Å². The van der Waals surface area contributed by atoms with Crippen LogP contribution < -0.4 is 10.6 Å². The smallest absolute Gasteiger partial charge is 0.315 e. The number of halogens is 1. The second kappa shape index (κ2) is 9.03. The molecule has 0 aliphatic carbocycles. The molecule has 0 radical (unpaired) electrons. The van der Waals surface area contributed by atoms with Gasteiger partial charge in [0.15, 0.2) is 0 Å². The predicted molar refractivity (Wildman–Crippen MR) is 98.9 cm³/mol. The lowest BCUT2D eigenvalue weighted by Crippen LogP contribution is -2.37. The maximum Gasteiger partial charge on any atom is 0.315 e. The van der Waals surface area contributed by atoms with Crippen LogP contribution in [0.4, 0.5) is 4.79 Å². The Morgan fingerprint density at radius 2 is 2.26 bits per heavy atom. The van der Waals surface area contributed by atoms with Gasteiger partial charge in [0.2, 0.25) is 0 Å². The van der Waals surface area contributed by atoms with Crippen molar-refractivity contribution in [1.29, 1.82) is 0 Å². The van der Waals surface area contributed by atoms with Gasteiger partial charge in [0.1, 0.15) is 0 Å². The van der Waals surface area contributed by atoms with Crippen molar-refractivity contribution in [3.05, 3.63) is 50.4 Å². The molecule has 0 saturated carbocycles. The van der Waals surface area contributed by atoms with Crippen LogP contribution in [0.15, 0.2) is 34.1 Å². The zero-order valence-corrected chi connectivity index (χ0v) is 15.8. The molecule has 0 bridgehead atoms. The fraction of sp³-hybridized carbons (Fsp3) is 0.412. The highest BCUT2D eigenvalue weighted by Crippen LogP contribution is 2.16. The number of hydrogen-bond acceptors (Lipinski definition) is 3. The number of aryl methyl sites for hydroxylation is 2. The highest BCUT2D eigenvalue weighted by atomic mass is 79.9. The molecule has 2 amide bonds. The quantitative estimate of drug-likeness (QED) is 0.679. The molecule has 0 aliphatic heterocycles. The number of aromatic nitrogens is 1. The number of hydrogen-bond donors (Lipinski definition) is 2. The summed E-state index contributed by atoms with van der Waals surface area (Å²) < 4.78 is 1.09. The highest BCUT2D eigenvalue weighted by Gasteiger charge is 2.12. The van der Waals surface area contributed by atoms with Crippen LogP contribution in [0.25, 0.3) is 0 Å². The van der Waals surface area contributed by atoms with Crippen molar-refractivity contribution in [1.82, 2.24) is 15.6 Å². The summed E-state index contributed by atoms with van der Waals surface area (Å²) in [5.74, 6) is 0. The van der Waals surface area contributed by atoms with Crippen LogP contribution in [0.1, 0.15) is 42.6 Å². The molecule has 2 N–H and O–H groups in total. The zero-order valence-electron chi connectivity index (χ0n) is 13.4. The Morgan fingerprint density at radius 3 is 2.96 bits per heavy atom. The van der Waals surface area contributed by atoms with E-state index < -0.39 is 0 Å². The molecule has 4 nitrogen and oxygen atoms in total. The third-order valence-corrected chi connectivity index (χ3v) is 4.98. The first-order valence-electron chi connectivity index (χ1n) is 7.81. The van der Waals surface area contributed by atoms with E-state index >= 15 is 0 Å². The second-order valence-corrected chi connectivity index (χ2v) is 7.23. The van der Waals surface area contributed by atoms with Crippen molar-refractivity contribution in [2.75, 3.05) is 6.54 Å². The van der Waals surface area contributed by atoms with E-state index in [1.165, 1.54) is 5.56 Å². The first-order valence-corrected chi connectivity index (χ1v) is 9.49. The van der Waals surface area contributed by atoms with E-state index in [1.54, 1.807) is 11.3 Å². The molecule has 0 saturated heterocycles. The van der Waals surface area contributed by atoms with E-state index in [2.05, 4.69) is 50.6 Å². The first-order chi connectivity index (χ1) is 11.1. The molecule has 2 aromatic rings. The summed E-state index contributed by atoms with van der Waals surface area (Å²) in [5, 5.41) is 8.94. The highest BCUT2D eigenvalue weighted by molar-refractivity contribution is 9.10. The SMILES string of the molecule is CCc1nc(C(C)NC(=O)NCCCc2cccc(Br)c2)cs1. The summed E-state index contributed by atoms with van der Waals surface area (Å²) in [4.78, 5) is 16.4. The van der Waals surface area contributed by atoms with E-state index in [9.17, 15) is 4.79 Å². The normalized spacial score (nSPS) is 12.0. The Labute approximate surface area is 149 Å². The molecule has 0 spiro atoms. The van der Waals surface area contributed by atoms with E-state index in [0.29, 0.717) is 6.54 Å². The number of nitrogens with zero attached hydrogens (tertiary/aromatic N) is 1. The van der Waals surface area contributed by atoms with Gasteiger partial charge < -0.3 is 10.6 Å². The van der Waals surface area contributed by atoms with E-state index in [1.807, 2.05) is 24.4 Å². The minimum atomic E-state index is -0.141. The maximum atomic E-state index is 11.9. The lowest BCUT2D eigenvalue weighted by Gasteiger charge is -2.12. The Hall–Kier alpha value is -1.40. The van der Waals surface area contributed by atoms with Crippen molar-refractivity contribution in [2.45, 2.75) is 39.2 Å². The maximum absolute atomic E-state index is 11.9. The monoisotopic (exact) mass is 395 g/mol. The molecule has 2 rings (SSSR count). The van der Waals surface area contributed by atoms with Crippen molar-refractivity contribution >= 4 is 33.3 Å². The summed E-state index contributed by atoms with van der Waals surface area (Å²) in [5.41, 5.74) is 2.20. The molecule has 1 heterocycles. The number of carbonyl (C=O) groups is 1. The third-order valence-electron chi connectivity index (χ3n) is 3.48. The Bertz CT molecular complexity index is 644. The van der Waals surface area contributed by atoms with Gasteiger partial charge in [0, 0.05) is 16.4 Å². The minimum absolute atomic E-state index is 0.0726. The molecular weight excluding hydrogens is 374 g/mol. The molecule has 0 fully saturated rings. The van der Waals surface area contributed by atoms with Crippen molar-refractivity contribution in [2.24, 2.45) is 0 Å². The van der Waals surface area contributed by atoms with Crippen LogP contribution in [-0.4, -0.2) is 17.6 Å². The van der Waals surface area contributed by atoms with Crippen molar-refractivity contribution < 1.29 is 4.79 Å². The van der Waals surface area contributed by atoms with Gasteiger partial charge in [-0.1, -0.05) is 35.0 Å². The van der Waals surface area contributed by atoms with E-state index in [-0.39, 0.29) is 12.1 Å². The fourth-order valence-corrected chi connectivity index (χ4v) is 3.48. The van der Waals surface area contributed by atoms with Crippen LogP contribution in [-0.2, 0) is 12.8 Å². The number of thiazole rings is 1. The topological polar surface area (TPSA) is 54.0 Å². The lowest BCUT2D eigenvalue weighted by molar-refractivity contribution is 0.237. The summed E-state index contributed by atoms with van der Waals surface area (Å²) >= 11 is 5.10. The first kappa shape index (κ1) is 17.9. The zero-order chi connectivity index (χ0) is 16.7. The molecule has 1 aromatic carbocycles. The molecular formula is C17H22BrN3OS. The Balaban J connectivity index is 1.68. The molecule has 23 heavy (non-hydrogen) atoms. The fourth-order valence-electron chi connectivity index (χ4n) is 2.19. The van der Waals surface area contributed by atoms with Gasteiger partial charge in [-0.15, -0.1) is 11.3 Å². The van der Waals surface area contributed by atoms with Crippen molar-refractivity contribution in [3.63, 3.8) is 0 Å². The Morgan fingerprint density at radius 1 is 1.43 bits per heavy atom. The van der Waals surface area contributed by atoms with Gasteiger partial charge in [-0.3, -0.25) is 0 Å². The van der Waals surface area contributed by atoms with Crippen LogP contribution in [0, 0.1) is 0 Å². The molecule has 1 atom stereocenters. The number of carbonyl (C=O) groups excluding carboxylic acids is 1. The number of amides is 2. The third kappa shape index (κ3) is 5.95. The van der Waals surface area contributed by atoms with Crippen LogP contribution in [0.5, 0.6) is 0 Å². The minimum Gasteiger partial charge on any atom is -0.338 e. The van der Waals surface area contributed by atoms with E-state index in [0.717, 1.165) is 34.4 Å². The number of urea groups is 1. The largest absolute Gasteiger partial charge is 0.338 e.